The number of sulfone groups is 1. The van der Waals surface area contributed by atoms with Crippen molar-refractivity contribution >= 4 is 21.7 Å². The van der Waals surface area contributed by atoms with Crippen molar-refractivity contribution in [3.8, 4) is 0 Å². The lowest BCUT2D eigenvalue weighted by atomic mass is 9.80. The SMILES string of the molecule is CN(C(=O)C(C)(C)c1cc(C(F)(F)F)cc(C(F)(F)F)c1)[C@@H]1CN(C(=O)CN2CCS(=O)(=O)CC2)C[C@H]1c1ccc(F)cc1. The first-order valence-corrected chi connectivity index (χ1v) is 15.5. The summed E-state index contributed by atoms with van der Waals surface area (Å²) in [6.45, 7) is 2.83. The van der Waals surface area contributed by atoms with Gasteiger partial charge in [-0.25, -0.2) is 12.8 Å². The highest BCUT2D eigenvalue weighted by molar-refractivity contribution is 7.91. The van der Waals surface area contributed by atoms with Crippen molar-refractivity contribution in [2.24, 2.45) is 0 Å². The van der Waals surface area contributed by atoms with Crippen LogP contribution < -0.4 is 0 Å². The van der Waals surface area contributed by atoms with Crippen LogP contribution in [0.2, 0.25) is 0 Å². The first kappa shape index (κ1) is 33.7. The number of halogens is 7. The van der Waals surface area contributed by atoms with Gasteiger partial charge in [0.05, 0.1) is 40.6 Å². The zero-order valence-electron chi connectivity index (χ0n) is 24.2. The van der Waals surface area contributed by atoms with Crippen LogP contribution in [0, 0.1) is 5.82 Å². The molecule has 15 heteroatoms. The number of carbonyl (C=O) groups is 2. The fourth-order valence-corrected chi connectivity index (χ4v) is 6.93. The molecule has 2 saturated heterocycles. The molecule has 2 aromatic carbocycles. The highest BCUT2D eigenvalue weighted by Gasteiger charge is 2.45. The van der Waals surface area contributed by atoms with Gasteiger partial charge in [-0.15, -0.1) is 0 Å². The van der Waals surface area contributed by atoms with Crippen molar-refractivity contribution in [3.05, 3.63) is 70.5 Å². The molecule has 44 heavy (non-hydrogen) atoms. The second kappa shape index (κ2) is 12.0. The van der Waals surface area contributed by atoms with Crippen LogP contribution in [0.15, 0.2) is 42.5 Å². The monoisotopic (exact) mass is 651 g/mol. The highest BCUT2D eigenvalue weighted by atomic mass is 32.2. The predicted molar refractivity (Wildman–Crippen MR) is 147 cm³/mol. The number of hydrogen-bond acceptors (Lipinski definition) is 5. The van der Waals surface area contributed by atoms with E-state index >= 15 is 0 Å². The minimum Gasteiger partial charge on any atom is -0.340 e. The van der Waals surface area contributed by atoms with Crippen molar-refractivity contribution in [1.29, 1.82) is 0 Å². The summed E-state index contributed by atoms with van der Waals surface area (Å²) in [7, 11) is -1.81. The van der Waals surface area contributed by atoms with Gasteiger partial charge in [-0.1, -0.05) is 12.1 Å². The maximum Gasteiger partial charge on any atom is 0.416 e. The molecule has 2 atom stereocenters. The van der Waals surface area contributed by atoms with Gasteiger partial charge in [0.2, 0.25) is 11.8 Å². The average Bonchev–Trinajstić information content (AvgIpc) is 3.38. The second-order valence-corrected chi connectivity index (χ2v) is 14.1. The predicted octanol–water partition coefficient (Wildman–Crippen LogP) is 4.32. The molecule has 2 aliphatic heterocycles. The first-order chi connectivity index (χ1) is 20.2. The van der Waals surface area contributed by atoms with Crippen molar-refractivity contribution in [3.63, 3.8) is 0 Å². The summed E-state index contributed by atoms with van der Waals surface area (Å²) in [6.07, 6.45) is -10.2. The summed E-state index contributed by atoms with van der Waals surface area (Å²) in [5, 5.41) is 0. The summed E-state index contributed by atoms with van der Waals surface area (Å²) in [6, 6.07) is 5.69. The van der Waals surface area contributed by atoms with E-state index in [1.165, 1.54) is 55.0 Å². The third-order valence-electron chi connectivity index (χ3n) is 8.40. The van der Waals surface area contributed by atoms with Crippen LogP contribution in [-0.4, -0.2) is 92.3 Å². The van der Waals surface area contributed by atoms with Crippen molar-refractivity contribution in [1.82, 2.24) is 14.7 Å². The molecule has 0 saturated carbocycles. The van der Waals surface area contributed by atoms with E-state index in [4.69, 9.17) is 0 Å². The minimum atomic E-state index is -5.10. The normalized spacial score (nSPS) is 21.4. The number of carbonyl (C=O) groups excluding carboxylic acids is 2. The number of alkyl halides is 6. The van der Waals surface area contributed by atoms with Gasteiger partial charge in [0.25, 0.3) is 0 Å². The molecule has 2 aliphatic rings. The summed E-state index contributed by atoms with van der Waals surface area (Å²) >= 11 is 0. The topological polar surface area (TPSA) is 78.0 Å². The van der Waals surface area contributed by atoms with E-state index in [0.717, 1.165) is 0 Å². The molecule has 2 aromatic rings. The Kier molecular flexibility index (Phi) is 9.15. The van der Waals surface area contributed by atoms with Crippen LogP contribution in [0.25, 0.3) is 0 Å². The Morgan fingerprint density at radius 3 is 1.86 bits per heavy atom. The first-order valence-electron chi connectivity index (χ1n) is 13.7. The van der Waals surface area contributed by atoms with E-state index in [-0.39, 0.29) is 56.2 Å². The number of likely N-dealkylation sites (N-methyl/N-ethyl adjacent to an activating group) is 1. The van der Waals surface area contributed by atoms with Crippen LogP contribution in [0.1, 0.15) is 42.0 Å². The van der Waals surface area contributed by atoms with E-state index < -0.39 is 68.0 Å². The highest BCUT2D eigenvalue weighted by Crippen LogP contribution is 2.40. The Morgan fingerprint density at radius 2 is 1.36 bits per heavy atom. The molecule has 0 N–H and O–H groups in total. The van der Waals surface area contributed by atoms with Crippen molar-refractivity contribution in [2.45, 2.75) is 43.6 Å². The van der Waals surface area contributed by atoms with Gasteiger partial charge in [0.15, 0.2) is 9.84 Å². The van der Waals surface area contributed by atoms with Crippen LogP contribution in [0.3, 0.4) is 0 Å². The van der Waals surface area contributed by atoms with Gasteiger partial charge in [-0.2, -0.15) is 26.3 Å². The van der Waals surface area contributed by atoms with E-state index in [1.807, 2.05) is 0 Å². The lowest BCUT2D eigenvalue weighted by Crippen LogP contribution is -2.50. The summed E-state index contributed by atoms with van der Waals surface area (Å²) in [5.74, 6) is -2.37. The second-order valence-electron chi connectivity index (χ2n) is 11.8. The molecular weight excluding hydrogens is 619 g/mol. The quantitative estimate of drug-likeness (QED) is 0.435. The van der Waals surface area contributed by atoms with Gasteiger partial charge >= 0.3 is 12.4 Å². The minimum absolute atomic E-state index is 0.00342. The Bertz CT molecular complexity index is 1460. The molecule has 2 heterocycles. The fraction of sp³-hybridized carbons (Fsp3) is 0.517. The van der Waals surface area contributed by atoms with Crippen molar-refractivity contribution in [2.75, 3.05) is 51.3 Å². The fourth-order valence-electron chi connectivity index (χ4n) is 5.65. The van der Waals surface area contributed by atoms with Crippen molar-refractivity contribution < 1.29 is 48.7 Å². The molecule has 0 unspecified atom stereocenters. The molecular formula is C29H32F7N3O4S. The average molecular weight is 652 g/mol. The summed E-state index contributed by atoms with van der Waals surface area (Å²) in [4.78, 5) is 31.6. The molecule has 4 rings (SSSR count). The molecule has 0 aliphatic carbocycles. The van der Waals surface area contributed by atoms with Gasteiger partial charge < -0.3 is 9.80 Å². The lowest BCUT2D eigenvalue weighted by molar-refractivity contribution is -0.144. The Hall–Kier alpha value is -3.20. The Morgan fingerprint density at radius 1 is 0.864 bits per heavy atom. The maximum absolute atomic E-state index is 13.9. The zero-order chi connectivity index (χ0) is 32.8. The molecule has 7 nitrogen and oxygen atoms in total. The smallest absolute Gasteiger partial charge is 0.340 e. The largest absolute Gasteiger partial charge is 0.416 e. The molecule has 0 aromatic heterocycles. The van der Waals surface area contributed by atoms with Gasteiger partial charge in [-0.05, 0) is 55.3 Å². The Labute approximate surface area is 250 Å². The molecule has 0 spiro atoms. The van der Waals surface area contributed by atoms with E-state index in [2.05, 4.69) is 0 Å². The molecule has 2 amide bonds. The number of rotatable bonds is 6. The third kappa shape index (κ3) is 7.36. The van der Waals surface area contributed by atoms with Gasteiger partial charge in [0, 0.05) is 39.1 Å². The summed E-state index contributed by atoms with van der Waals surface area (Å²) < 4.78 is 119. The lowest BCUT2D eigenvalue weighted by Gasteiger charge is -2.36. The summed E-state index contributed by atoms with van der Waals surface area (Å²) in [5.41, 5.74) is -4.84. The maximum atomic E-state index is 13.9. The van der Waals surface area contributed by atoms with Crippen LogP contribution in [-0.2, 0) is 37.2 Å². The zero-order valence-corrected chi connectivity index (χ0v) is 25.0. The third-order valence-corrected chi connectivity index (χ3v) is 10.0. The number of likely N-dealkylation sites (tertiary alicyclic amines) is 1. The van der Waals surface area contributed by atoms with Crippen LogP contribution >= 0.6 is 0 Å². The van der Waals surface area contributed by atoms with E-state index in [0.29, 0.717) is 17.7 Å². The standard InChI is InChI=1S/C29H32F7N3O4S/c1-27(2,19-12-20(28(31,32)33)14-21(13-19)29(34,35)36)26(41)37(3)24-16-39(15-23(24)18-4-6-22(30)7-5-18)25(40)17-38-8-10-44(42,43)11-9-38/h4-7,12-14,23-24H,8-11,15-17H2,1-3H3/t23-,24+/m0/s1. The van der Waals surface area contributed by atoms with Crippen LogP contribution in [0.4, 0.5) is 30.7 Å². The van der Waals surface area contributed by atoms with E-state index in [1.54, 1.807) is 4.90 Å². The number of benzene rings is 2. The molecule has 242 valence electrons. The molecule has 2 fully saturated rings. The Balaban J connectivity index is 1.63. The number of amides is 2. The molecule has 0 bridgehead atoms. The number of nitrogens with zero attached hydrogens (tertiary/aromatic N) is 3. The van der Waals surface area contributed by atoms with Crippen LogP contribution in [0.5, 0.6) is 0 Å². The van der Waals surface area contributed by atoms with Gasteiger partial charge in [0.1, 0.15) is 5.82 Å². The molecule has 0 radical (unpaired) electrons. The number of hydrogen-bond donors (Lipinski definition) is 0. The van der Waals surface area contributed by atoms with E-state index in [9.17, 15) is 48.7 Å². The van der Waals surface area contributed by atoms with Gasteiger partial charge in [-0.3, -0.25) is 14.5 Å².